The first-order chi connectivity index (χ1) is 15.7. The van der Waals surface area contributed by atoms with Crippen molar-refractivity contribution in [1.82, 2.24) is 14.8 Å². The van der Waals surface area contributed by atoms with E-state index in [-0.39, 0.29) is 6.04 Å². The molecule has 2 heterocycles. The fourth-order valence-electron chi connectivity index (χ4n) is 4.45. The number of β-amino-alcohol motifs (C(OH)–C–C–N with tert-alkyl or cyclic N) is 1. The van der Waals surface area contributed by atoms with Gasteiger partial charge in [-0.15, -0.1) is 0 Å². The standard InChI is InChI=1S/C27H33N3O2/c1-22-18-23(12-13-28-22)20-32-21-26(31)19-29-14-16-30(17-15-29)27(24-8-4-2-5-9-24)25-10-6-3-7-11-25/h2-13,18,26-27,31H,14-17,19-21H2,1H3. The minimum atomic E-state index is -0.483. The molecule has 1 saturated heterocycles. The monoisotopic (exact) mass is 431 g/mol. The normalized spacial score (nSPS) is 16.3. The molecule has 0 radical (unpaired) electrons. The maximum atomic E-state index is 10.5. The van der Waals surface area contributed by atoms with Crippen LogP contribution in [0.3, 0.4) is 0 Å². The third-order valence-corrected chi connectivity index (χ3v) is 6.01. The van der Waals surface area contributed by atoms with Gasteiger partial charge in [0.2, 0.25) is 0 Å². The summed E-state index contributed by atoms with van der Waals surface area (Å²) in [6.07, 6.45) is 1.31. The Hall–Kier alpha value is -2.57. The van der Waals surface area contributed by atoms with Crippen molar-refractivity contribution in [3.05, 3.63) is 101 Å². The summed E-state index contributed by atoms with van der Waals surface area (Å²) >= 11 is 0. The van der Waals surface area contributed by atoms with E-state index in [1.54, 1.807) is 6.20 Å². The van der Waals surface area contributed by atoms with Gasteiger partial charge in [-0.05, 0) is 35.7 Å². The van der Waals surface area contributed by atoms with Crippen LogP contribution < -0.4 is 0 Å². The van der Waals surface area contributed by atoms with Crippen molar-refractivity contribution in [1.29, 1.82) is 0 Å². The summed E-state index contributed by atoms with van der Waals surface area (Å²) in [6, 6.07) is 25.7. The fourth-order valence-corrected chi connectivity index (χ4v) is 4.45. The first-order valence-electron chi connectivity index (χ1n) is 11.4. The van der Waals surface area contributed by atoms with Gasteiger partial charge in [-0.2, -0.15) is 0 Å². The van der Waals surface area contributed by atoms with Crippen LogP contribution in [0.2, 0.25) is 0 Å². The van der Waals surface area contributed by atoms with Crippen LogP contribution >= 0.6 is 0 Å². The van der Waals surface area contributed by atoms with Gasteiger partial charge in [-0.3, -0.25) is 14.8 Å². The molecule has 5 nitrogen and oxygen atoms in total. The maximum absolute atomic E-state index is 10.5. The summed E-state index contributed by atoms with van der Waals surface area (Å²) in [7, 11) is 0. The molecule has 4 rings (SSSR count). The molecule has 1 aromatic heterocycles. The number of rotatable bonds is 9. The molecule has 0 amide bonds. The number of nitrogens with zero attached hydrogens (tertiary/aromatic N) is 3. The quantitative estimate of drug-likeness (QED) is 0.560. The molecule has 1 atom stereocenters. The number of aliphatic hydroxyl groups excluding tert-OH is 1. The second-order valence-electron chi connectivity index (χ2n) is 8.53. The lowest BCUT2D eigenvalue weighted by Gasteiger charge is -2.40. The van der Waals surface area contributed by atoms with E-state index in [4.69, 9.17) is 4.74 Å². The molecular weight excluding hydrogens is 398 g/mol. The van der Waals surface area contributed by atoms with Crippen LogP contribution in [-0.2, 0) is 11.3 Å². The third kappa shape index (κ3) is 6.24. The second kappa shape index (κ2) is 11.3. The minimum absolute atomic E-state index is 0.261. The fraction of sp³-hybridized carbons (Fsp3) is 0.370. The SMILES string of the molecule is Cc1cc(COCC(O)CN2CCN(C(c3ccccc3)c3ccccc3)CC2)ccn1. The topological polar surface area (TPSA) is 48.8 Å². The molecule has 1 fully saturated rings. The summed E-state index contributed by atoms with van der Waals surface area (Å²) in [5.74, 6) is 0. The van der Waals surface area contributed by atoms with Crippen molar-refractivity contribution >= 4 is 0 Å². The highest BCUT2D eigenvalue weighted by atomic mass is 16.5. The van der Waals surface area contributed by atoms with Crippen LogP contribution in [0, 0.1) is 6.92 Å². The number of benzene rings is 2. The number of aryl methyl sites for hydroxylation is 1. The Morgan fingerprint density at radius 3 is 2.12 bits per heavy atom. The first-order valence-corrected chi connectivity index (χ1v) is 11.4. The van der Waals surface area contributed by atoms with Crippen LogP contribution in [0.1, 0.15) is 28.4 Å². The lowest BCUT2D eigenvalue weighted by molar-refractivity contribution is -0.000728. The molecule has 5 heteroatoms. The zero-order valence-corrected chi connectivity index (χ0v) is 18.8. The highest BCUT2D eigenvalue weighted by Gasteiger charge is 2.27. The van der Waals surface area contributed by atoms with Gasteiger partial charge in [0.25, 0.3) is 0 Å². The van der Waals surface area contributed by atoms with Crippen LogP contribution in [-0.4, -0.2) is 65.3 Å². The van der Waals surface area contributed by atoms with Gasteiger partial charge in [0.15, 0.2) is 0 Å². The smallest absolute Gasteiger partial charge is 0.0900 e. The highest BCUT2D eigenvalue weighted by molar-refractivity contribution is 5.32. The number of piperazine rings is 1. The number of aliphatic hydroxyl groups is 1. The number of aromatic nitrogens is 1. The molecule has 0 saturated carbocycles. The molecule has 1 N–H and O–H groups in total. The van der Waals surface area contributed by atoms with Crippen LogP contribution in [0.4, 0.5) is 0 Å². The van der Waals surface area contributed by atoms with E-state index in [0.29, 0.717) is 19.8 Å². The van der Waals surface area contributed by atoms with Crippen molar-refractivity contribution in [2.75, 3.05) is 39.3 Å². The van der Waals surface area contributed by atoms with Crippen LogP contribution in [0.5, 0.6) is 0 Å². The molecule has 1 aliphatic rings. The Kier molecular flexibility index (Phi) is 8.02. The van der Waals surface area contributed by atoms with Crippen LogP contribution in [0.15, 0.2) is 79.0 Å². The lowest BCUT2D eigenvalue weighted by atomic mass is 9.96. The zero-order chi connectivity index (χ0) is 22.2. The Labute approximate surface area is 191 Å². The Morgan fingerprint density at radius 2 is 1.53 bits per heavy atom. The summed E-state index contributed by atoms with van der Waals surface area (Å²) in [5.41, 5.74) is 4.72. The van der Waals surface area contributed by atoms with E-state index in [9.17, 15) is 5.11 Å². The van der Waals surface area contributed by atoms with Gasteiger partial charge in [0.05, 0.1) is 25.4 Å². The molecule has 32 heavy (non-hydrogen) atoms. The predicted molar refractivity (Wildman–Crippen MR) is 127 cm³/mol. The van der Waals surface area contributed by atoms with Gasteiger partial charge in [-0.25, -0.2) is 0 Å². The summed E-state index contributed by atoms with van der Waals surface area (Å²) in [5, 5.41) is 10.5. The van der Waals surface area contributed by atoms with E-state index in [2.05, 4.69) is 75.4 Å². The first kappa shape index (κ1) is 22.6. The summed E-state index contributed by atoms with van der Waals surface area (Å²) in [6.45, 7) is 7.29. The predicted octanol–water partition coefficient (Wildman–Crippen LogP) is 3.67. The van der Waals surface area contributed by atoms with Gasteiger partial charge < -0.3 is 9.84 Å². The molecule has 0 bridgehead atoms. The molecule has 1 aliphatic heterocycles. The van der Waals surface area contributed by atoms with E-state index in [1.165, 1.54) is 11.1 Å². The van der Waals surface area contributed by atoms with Crippen molar-refractivity contribution in [3.63, 3.8) is 0 Å². The average Bonchev–Trinajstić information content (AvgIpc) is 2.82. The van der Waals surface area contributed by atoms with E-state index < -0.39 is 6.10 Å². The summed E-state index contributed by atoms with van der Waals surface area (Å²) < 4.78 is 5.74. The van der Waals surface area contributed by atoms with Crippen molar-refractivity contribution in [2.24, 2.45) is 0 Å². The van der Waals surface area contributed by atoms with Gasteiger partial charge in [-0.1, -0.05) is 60.7 Å². The summed E-state index contributed by atoms with van der Waals surface area (Å²) in [4.78, 5) is 9.09. The van der Waals surface area contributed by atoms with E-state index >= 15 is 0 Å². The molecule has 3 aromatic rings. The number of ether oxygens (including phenoxy) is 1. The average molecular weight is 432 g/mol. The molecule has 2 aromatic carbocycles. The second-order valence-corrected chi connectivity index (χ2v) is 8.53. The molecule has 0 aliphatic carbocycles. The van der Waals surface area contributed by atoms with E-state index in [0.717, 1.165) is 37.4 Å². The largest absolute Gasteiger partial charge is 0.389 e. The Bertz CT molecular complexity index is 904. The number of hydrogen-bond acceptors (Lipinski definition) is 5. The molecular formula is C27H33N3O2. The zero-order valence-electron chi connectivity index (χ0n) is 18.8. The molecule has 0 spiro atoms. The highest BCUT2D eigenvalue weighted by Crippen LogP contribution is 2.29. The van der Waals surface area contributed by atoms with Crippen LogP contribution in [0.25, 0.3) is 0 Å². The van der Waals surface area contributed by atoms with Crippen molar-refractivity contribution < 1.29 is 9.84 Å². The minimum Gasteiger partial charge on any atom is -0.389 e. The molecule has 1 unspecified atom stereocenters. The van der Waals surface area contributed by atoms with E-state index in [1.807, 2.05) is 19.1 Å². The maximum Gasteiger partial charge on any atom is 0.0900 e. The van der Waals surface area contributed by atoms with Crippen molar-refractivity contribution in [2.45, 2.75) is 25.7 Å². The van der Waals surface area contributed by atoms with Gasteiger partial charge in [0.1, 0.15) is 0 Å². The van der Waals surface area contributed by atoms with Gasteiger partial charge in [0, 0.05) is 44.6 Å². The van der Waals surface area contributed by atoms with Gasteiger partial charge >= 0.3 is 0 Å². The number of hydrogen-bond donors (Lipinski definition) is 1. The Morgan fingerprint density at radius 1 is 0.906 bits per heavy atom. The third-order valence-electron chi connectivity index (χ3n) is 6.01. The Balaban J connectivity index is 1.28. The lowest BCUT2D eigenvalue weighted by Crippen LogP contribution is -2.50. The number of pyridine rings is 1. The van der Waals surface area contributed by atoms with Crippen molar-refractivity contribution in [3.8, 4) is 0 Å². The molecule has 168 valence electrons.